The second-order valence-electron chi connectivity index (χ2n) is 6.86. The summed E-state index contributed by atoms with van der Waals surface area (Å²) in [5.41, 5.74) is 2.82. The van der Waals surface area contributed by atoms with Crippen LogP contribution in [0.4, 0.5) is 5.69 Å². The highest BCUT2D eigenvalue weighted by Gasteiger charge is 2.15. The number of nitrogens with one attached hydrogen (secondary N) is 2. The summed E-state index contributed by atoms with van der Waals surface area (Å²) < 4.78 is 11.1. The average molecular weight is 398 g/mol. The molecule has 1 aromatic heterocycles. The fourth-order valence-corrected chi connectivity index (χ4v) is 3.47. The lowest BCUT2D eigenvalue weighted by Gasteiger charge is -2.23. The summed E-state index contributed by atoms with van der Waals surface area (Å²) in [6.45, 7) is 4.68. The molecular weight excluding hydrogens is 376 g/mol. The maximum atomic E-state index is 12.5. The van der Waals surface area contributed by atoms with E-state index in [2.05, 4.69) is 17.4 Å². The van der Waals surface area contributed by atoms with Crippen LogP contribution in [0.2, 0.25) is 5.02 Å². The molecule has 144 valence electrons. The number of anilines is 1. The Bertz CT molecular complexity index is 946. The number of amides is 1. The molecule has 0 atom stereocenters. The zero-order valence-corrected chi connectivity index (χ0v) is 16.2. The van der Waals surface area contributed by atoms with E-state index in [-0.39, 0.29) is 11.7 Å². The Kier molecular flexibility index (Phi) is 5.76. The van der Waals surface area contributed by atoms with Crippen molar-refractivity contribution in [2.75, 3.05) is 31.6 Å². The fourth-order valence-electron chi connectivity index (χ4n) is 3.28. The summed E-state index contributed by atoms with van der Waals surface area (Å²) in [5.74, 6) is 0.591. The largest absolute Gasteiger partial charge is 0.451 e. The van der Waals surface area contributed by atoms with Crippen LogP contribution in [0, 0.1) is 0 Å². The van der Waals surface area contributed by atoms with E-state index < -0.39 is 0 Å². The van der Waals surface area contributed by atoms with Crippen LogP contribution in [-0.2, 0) is 11.3 Å². The second-order valence-corrected chi connectivity index (χ2v) is 7.30. The van der Waals surface area contributed by atoms with Crippen molar-refractivity contribution in [1.82, 2.24) is 0 Å². The molecule has 0 spiro atoms. The second kappa shape index (κ2) is 8.61. The lowest BCUT2D eigenvalue weighted by Crippen LogP contribution is -3.12. The minimum atomic E-state index is -0.278. The van der Waals surface area contributed by atoms with Gasteiger partial charge in [-0.15, -0.1) is 0 Å². The van der Waals surface area contributed by atoms with Crippen molar-refractivity contribution in [3.05, 3.63) is 77.0 Å². The monoisotopic (exact) mass is 397 g/mol. The number of carbonyl (C=O) groups excluding carboxylic acids is 1. The molecule has 0 saturated carbocycles. The first-order valence-corrected chi connectivity index (χ1v) is 9.72. The summed E-state index contributed by atoms with van der Waals surface area (Å²) >= 11 is 6.02. The quantitative estimate of drug-likeness (QED) is 0.694. The van der Waals surface area contributed by atoms with Crippen molar-refractivity contribution in [3.63, 3.8) is 0 Å². The summed E-state index contributed by atoms with van der Waals surface area (Å²) in [5, 5.41) is 3.50. The van der Waals surface area contributed by atoms with Gasteiger partial charge in [0.15, 0.2) is 5.76 Å². The number of furan rings is 1. The number of benzene rings is 2. The minimum absolute atomic E-state index is 0.261. The van der Waals surface area contributed by atoms with Crippen molar-refractivity contribution in [1.29, 1.82) is 0 Å². The Morgan fingerprint density at radius 3 is 2.57 bits per heavy atom. The van der Waals surface area contributed by atoms with Crippen molar-refractivity contribution in [2.24, 2.45) is 0 Å². The van der Waals surface area contributed by atoms with Gasteiger partial charge in [-0.3, -0.25) is 4.79 Å². The number of halogens is 1. The van der Waals surface area contributed by atoms with Crippen molar-refractivity contribution in [3.8, 4) is 11.3 Å². The fraction of sp³-hybridized carbons (Fsp3) is 0.227. The third-order valence-corrected chi connectivity index (χ3v) is 5.04. The number of carbonyl (C=O) groups is 1. The molecular formula is C22H22ClN2O3+. The molecule has 5 nitrogen and oxygen atoms in total. The number of rotatable bonds is 5. The van der Waals surface area contributed by atoms with E-state index in [9.17, 15) is 4.79 Å². The molecule has 0 aliphatic carbocycles. The zero-order chi connectivity index (χ0) is 19.3. The van der Waals surface area contributed by atoms with Gasteiger partial charge in [0.2, 0.25) is 0 Å². The lowest BCUT2D eigenvalue weighted by atomic mass is 10.2. The molecule has 0 unspecified atom stereocenters. The minimum Gasteiger partial charge on any atom is -0.451 e. The molecule has 28 heavy (non-hydrogen) atoms. The highest BCUT2D eigenvalue weighted by atomic mass is 35.5. The standard InChI is InChI=1S/C22H21ClN2O3/c23-18-3-1-2-17(14-18)20-8-9-21(28-20)22(26)24-19-6-4-16(5-7-19)15-25-10-12-27-13-11-25/h1-9,14H,10-13,15H2,(H,24,26)/p+1. The molecule has 1 aliphatic rings. The normalized spacial score (nSPS) is 14.8. The number of hydrogen-bond donors (Lipinski definition) is 2. The van der Waals surface area contributed by atoms with Crippen molar-refractivity contribution < 1.29 is 18.8 Å². The first-order chi connectivity index (χ1) is 13.7. The van der Waals surface area contributed by atoms with Crippen LogP contribution in [-0.4, -0.2) is 32.2 Å². The summed E-state index contributed by atoms with van der Waals surface area (Å²) in [6, 6.07) is 18.7. The molecule has 4 rings (SSSR count). The van der Waals surface area contributed by atoms with Gasteiger partial charge < -0.3 is 19.4 Å². The molecule has 0 radical (unpaired) electrons. The van der Waals surface area contributed by atoms with Crippen LogP contribution in [0.3, 0.4) is 0 Å². The van der Waals surface area contributed by atoms with Gasteiger partial charge in [0.1, 0.15) is 25.4 Å². The molecule has 1 aliphatic heterocycles. The molecule has 2 aromatic carbocycles. The smallest absolute Gasteiger partial charge is 0.291 e. The number of hydrogen-bond acceptors (Lipinski definition) is 3. The van der Waals surface area contributed by atoms with Gasteiger partial charge in [-0.05, 0) is 36.4 Å². The van der Waals surface area contributed by atoms with Crippen LogP contribution in [0.25, 0.3) is 11.3 Å². The molecule has 2 N–H and O–H groups in total. The van der Waals surface area contributed by atoms with E-state index in [4.69, 9.17) is 20.8 Å². The van der Waals surface area contributed by atoms with E-state index in [1.54, 1.807) is 24.3 Å². The number of quaternary nitrogens is 1. The Hall–Kier alpha value is -2.60. The Morgan fingerprint density at radius 2 is 1.82 bits per heavy atom. The first kappa shape index (κ1) is 18.7. The maximum absolute atomic E-state index is 12.5. The Balaban J connectivity index is 1.38. The third kappa shape index (κ3) is 4.62. The molecule has 0 bridgehead atoms. The van der Waals surface area contributed by atoms with Crippen molar-refractivity contribution >= 4 is 23.2 Å². The topological polar surface area (TPSA) is 55.9 Å². The molecule has 1 amide bonds. The van der Waals surface area contributed by atoms with E-state index in [1.807, 2.05) is 24.3 Å². The number of morpholine rings is 1. The highest BCUT2D eigenvalue weighted by Crippen LogP contribution is 2.25. The molecule has 1 saturated heterocycles. The summed E-state index contributed by atoms with van der Waals surface area (Å²) in [7, 11) is 0. The van der Waals surface area contributed by atoms with E-state index in [0.29, 0.717) is 10.8 Å². The van der Waals surface area contributed by atoms with E-state index in [0.717, 1.165) is 44.1 Å². The maximum Gasteiger partial charge on any atom is 0.291 e. The van der Waals surface area contributed by atoms with E-state index >= 15 is 0 Å². The van der Waals surface area contributed by atoms with Crippen LogP contribution >= 0.6 is 11.6 Å². The average Bonchev–Trinajstić information content (AvgIpc) is 3.21. The van der Waals surface area contributed by atoms with Gasteiger partial charge >= 0.3 is 0 Å². The van der Waals surface area contributed by atoms with Crippen LogP contribution in [0.5, 0.6) is 0 Å². The van der Waals surface area contributed by atoms with Crippen molar-refractivity contribution in [2.45, 2.75) is 6.54 Å². The third-order valence-electron chi connectivity index (χ3n) is 4.80. The van der Waals surface area contributed by atoms with Crippen LogP contribution in [0.15, 0.2) is 65.1 Å². The zero-order valence-electron chi connectivity index (χ0n) is 15.4. The van der Waals surface area contributed by atoms with E-state index in [1.165, 1.54) is 10.5 Å². The first-order valence-electron chi connectivity index (χ1n) is 9.35. The van der Waals surface area contributed by atoms with Gasteiger partial charge in [-0.25, -0.2) is 0 Å². The number of ether oxygens (including phenoxy) is 1. The lowest BCUT2D eigenvalue weighted by molar-refractivity contribution is -0.921. The predicted octanol–water partition coefficient (Wildman–Crippen LogP) is 3.27. The van der Waals surface area contributed by atoms with Gasteiger partial charge in [-0.1, -0.05) is 35.9 Å². The summed E-state index contributed by atoms with van der Waals surface area (Å²) in [6.07, 6.45) is 0. The molecule has 2 heterocycles. The summed E-state index contributed by atoms with van der Waals surface area (Å²) in [4.78, 5) is 14.0. The van der Waals surface area contributed by atoms with Crippen LogP contribution < -0.4 is 10.2 Å². The Morgan fingerprint density at radius 1 is 1.04 bits per heavy atom. The van der Waals surface area contributed by atoms with Gasteiger partial charge in [0, 0.05) is 21.8 Å². The highest BCUT2D eigenvalue weighted by molar-refractivity contribution is 6.30. The predicted molar refractivity (Wildman–Crippen MR) is 109 cm³/mol. The van der Waals surface area contributed by atoms with Gasteiger partial charge in [0.25, 0.3) is 5.91 Å². The molecule has 1 fully saturated rings. The van der Waals surface area contributed by atoms with Crippen LogP contribution in [0.1, 0.15) is 16.1 Å². The SMILES string of the molecule is O=C(Nc1ccc(C[NH+]2CCOCC2)cc1)c1ccc(-c2cccc(Cl)c2)o1. The van der Waals surface area contributed by atoms with Gasteiger partial charge in [0.05, 0.1) is 13.2 Å². The molecule has 6 heteroatoms. The Labute approximate surface area is 168 Å². The van der Waals surface area contributed by atoms with Gasteiger partial charge in [-0.2, -0.15) is 0 Å². The molecule has 3 aromatic rings.